The smallest absolute Gasteiger partial charge is 0.275 e. The summed E-state index contributed by atoms with van der Waals surface area (Å²) in [5, 5.41) is 6.49. The van der Waals surface area contributed by atoms with Gasteiger partial charge >= 0.3 is 12.2 Å². The van der Waals surface area contributed by atoms with Crippen molar-refractivity contribution < 1.29 is 22.8 Å². The van der Waals surface area contributed by atoms with E-state index in [1.165, 1.54) is 12.1 Å². The summed E-state index contributed by atoms with van der Waals surface area (Å²) in [7, 11) is 0. The van der Waals surface area contributed by atoms with Crippen LogP contribution in [0.3, 0.4) is 0 Å². The molecule has 0 spiro atoms. The summed E-state index contributed by atoms with van der Waals surface area (Å²) in [6.45, 7) is -0.242. The number of halogens is 3. The predicted molar refractivity (Wildman–Crippen MR) is 59.3 cm³/mol. The van der Waals surface area contributed by atoms with Crippen LogP contribution in [0.2, 0.25) is 0 Å². The second-order valence-electron chi connectivity index (χ2n) is 3.78. The van der Waals surface area contributed by atoms with Crippen molar-refractivity contribution in [3.63, 3.8) is 0 Å². The molecule has 0 radical (unpaired) electrons. The van der Waals surface area contributed by atoms with Gasteiger partial charge in [0.2, 0.25) is 5.91 Å². The van der Waals surface area contributed by atoms with Crippen molar-refractivity contribution in [3.05, 3.63) is 35.4 Å². The van der Waals surface area contributed by atoms with Gasteiger partial charge in [-0.15, -0.1) is 0 Å². The molecule has 0 saturated carbocycles. The third-order valence-corrected chi connectivity index (χ3v) is 2.33. The molecule has 19 heavy (non-hydrogen) atoms. The monoisotopic (exact) mass is 271 g/mol. The molecule has 1 N–H and O–H groups in total. The van der Waals surface area contributed by atoms with Gasteiger partial charge in [0.1, 0.15) is 6.54 Å². The van der Waals surface area contributed by atoms with E-state index in [0.717, 1.165) is 23.4 Å². The highest BCUT2D eigenvalue weighted by Crippen LogP contribution is 2.29. The highest BCUT2D eigenvalue weighted by Gasteiger charge is 2.30. The fourth-order valence-corrected chi connectivity index (χ4v) is 1.46. The fraction of sp³-hybridized carbons (Fsp3) is 0.182. The molecule has 1 heterocycles. The van der Waals surface area contributed by atoms with Gasteiger partial charge in [-0.1, -0.05) is 12.1 Å². The quantitative estimate of drug-likeness (QED) is 0.656. The second kappa shape index (κ2) is 4.71. The number of amides is 3. The van der Waals surface area contributed by atoms with Crippen LogP contribution >= 0.6 is 0 Å². The van der Waals surface area contributed by atoms with Crippen molar-refractivity contribution in [2.24, 2.45) is 5.10 Å². The Bertz CT molecular complexity index is 554. The van der Waals surface area contributed by atoms with Gasteiger partial charge in [-0.25, -0.2) is 9.80 Å². The molecule has 0 bridgehead atoms. The Morgan fingerprint density at radius 3 is 2.63 bits per heavy atom. The Kier molecular flexibility index (Phi) is 3.24. The lowest BCUT2D eigenvalue weighted by molar-refractivity contribution is -0.137. The minimum absolute atomic E-state index is 0.182. The molecule has 100 valence electrons. The summed E-state index contributed by atoms with van der Waals surface area (Å²) < 4.78 is 37.4. The van der Waals surface area contributed by atoms with Crippen LogP contribution in [0.25, 0.3) is 0 Å². The molecular formula is C11H8F3N3O2. The lowest BCUT2D eigenvalue weighted by Gasteiger charge is -2.07. The number of carbonyl (C=O) groups is 2. The first-order valence-corrected chi connectivity index (χ1v) is 5.19. The Morgan fingerprint density at radius 1 is 1.32 bits per heavy atom. The Balaban J connectivity index is 2.15. The molecule has 0 unspecified atom stereocenters. The van der Waals surface area contributed by atoms with Gasteiger partial charge in [-0.05, 0) is 17.7 Å². The van der Waals surface area contributed by atoms with Crippen LogP contribution < -0.4 is 5.32 Å². The van der Waals surface area contributed by atoms with Crippen LogP contribution in [0.4, 0.5) is 18.0 Å². The molecule has 1 aliphatic rings. The number of hydrogen-bond donors (Lipinski definition) is 1. The standard InChI is InChI=1S/C11H8F3N3O2/c12-11(13,14)8-3-1-2-7(4-8)5-15-17-6-9(18)16-10(17)19/h1-5H,6H2,(H,16,18,19). The number of nitrogens with one attached hydrogen (secondary N) is 1. The summed E-state index contributed by atoms with van der Waals surface area (Å²) >= 11 is 0. The first-order valence-electron chi connectivity index (χ1n) is 5.19. The summed E-state index contributed by atoms with van der Waals surface area (Å²) in [6.07, 6.45) is -3.35. The number of urea groups is 1. The zero-order valence-corrected chi connectivity index (χ0v) is 9.44. The van der Waals surface area contributed by atoms with Crippen LogP contribution in [0, 0.1) is 0 Å². The number of nitrogens with zero attached hydrogens (tertiary/aromatic N) is 2. The van der Waals surface area contributed by atoms with Crippen molar-refractivity contribution in [2.45, 2.75) is 6.18 Å². The molecular weight excluding hydrogens is 263 g/mol. The summed E-state index contributed by atoms with van der Waals surface area (Å²) in [5.41, 5.74) is -0.625. The minimum atomic E-state index is -4.44. The van der Waals surface area contributed by atoms with Gasteiger partial charge in [0.15, 0.2) is 0 Å². The third kappa shape index (κ3) is 3.09. The SMILES string of the molecule is O=C1CN(N=Cc2cccc(C(F)(F)F)c2)C(=O)N1. The van der Waals surface area contributed by atoms with Crippen molar-refractivity contribution in [1.29, 1.82) is 0 Å². The molecule has 0 aliphatic carbocycles. The molecule has 1 aromatic carbocycles. The maximum Gasteiger partial charge on any atom is 0.416 e. The first kappa shape index (κ1) is 13.1. The van der Waals surface area contributed by atoms with Gasteiger partial charge < -0.3 is 0 Å². The number of imide groups is 1. The van der Waals surface area contributed by atoms with Crippen molar-refractivity contribution in [1.82, 2.24) is 10.3 Å². The number of rotatable bonds is 2. The lowest BCUT2D eigenvalue weighted by Crippen LogP contribution is -2.24. The lowest BCUT2D eigenvalue weighted by atomic mass is 10.1. The summed E-state index contributed by atoms with van der Waals surface area (Å²) in [5.74, 6) is -0.508. The highest BCUT2D eigenvalue weighted by atomic mass is 19.4. The molecule has 2 rings (SSSR count). The van der Waals surface area contributed by atoms with Gasteiger partial charge in [-0.3, -0.25) is 10.1 Å². The van der Waals surface area contributed by atoms with Gasteiger partial charge in [-0.2, -0.15) is 18.3 Å². The number of hydrogen-bond acceptors (Lipinski definition) is 3. The predicted octanol–water partition coefficient (Wildman–Crippen LogP) is 1.59. The molecule has 1 aromatic rings. The zero-order valence-electron chi connectivity index (χ0n) is 9.44. The van der Waals surface area contributed by atoms with Crippen molar-refractivity contribution in [2.75, 3.05) is 6.54 Å². The Hall–Kier alpha value is -2.38. The normalized spacial score (nSPS) is 16.3. The molecule has 1 aliphatic heterocycles. The minimum Gasteiger partial charge on any atom is -0.275 e. The number of hydrazone groups is 1. The van der Waals surface area contributed by atoms with E-state index in [1.807, 2.05) is 5.32 Å². The summed E-state index contributed by atoms with van der Waals surface area (Å²) in [4.78, 5) is 22.0. The molecule has 5 nitrogen and oxygen atoms in total. The highest BCUT2D eigenvalue weighted by molar-refractivity contribution is 6.02. The number of alkyl halides is 3. The number of benzene rings is 1. The molecule has 0 aromatic heterocycles. The van der Waals surface area contributed by atoms with E-state index in [9.17, 15) is 22.8 Å². The maximum atomic E-state index is 12.5. The first-order chi connectivity index (χ1) is 8.86. The van der Waals surface area contributed by atoms with Crippen molar-refractivity contribution in [3.8, 4) is 0 Å². The van der Waals surface area contributed by atoms with Crippen LogP contribution in [-0.2, 0) is 11.0 Å². The molecule has 1 saturated heterocycles. The van der Waals surface area contributed by atoms with Crippen molar-refractivity contribution >= 4 is 18.2 Å². The van der Waals surface area contributed by atoms with Gasteiger partial charge in [0, 0.05) is 0 Å². The van der Waals surface area contributed by atoms with Crippen LogP contribution in [0.15, 0.2) is 29.4 Å². The molecule has 0 atom stereocenters. The summed E-state index contributed by atoms with van der Waals surface area (Å²) in [6, 6.07) is 3.78. The average Bonchev–Trinajstić information content (AvgIpc) is 2.64. The Labute approximate surface area is 105 Å². The molecule has 1 fully saturated rings. The van der Waals surface area contributed by atoms with E-state index in [0.29, 0.717) is 0 Å². The van der Waals surface area contributed by atoms with Crippen LogP contribution in [0.5, 0.6) is 0 Å². The van der Waals surface area contributed by atoms with Crippen LogP contribution in [-0.4, -0.2) is 29.7 Å². The van der Waals surface area contributed by atoms with Crippen LogP contribution in [0.1, 0.15) is 11.1 Å². The van der Waals surface area contributed by atoms with E-state index in [-0.39, 0.29) is 12.1 Å². The van der Waals surface area contributed by atoms with E-state index < -0.39 is 23.7 Å². The fourth-order valence-electron chi connectivity index (χ4n) is 1.46. The molecule has 3 amide bonds. The second-order valence-corrected chi connectivity index (χ2v) is 3.78. The Morgan fingerprint density at radius 2 is 2.05 bits per heavy atom. The van der Waals surface area contributed by atoms with E-state index in [1.54, 1.807) is 0 Å². The van der Waals surface area contributed by atoms with E-state index in [2.05, 4.69) is 5.10 Å². The van der Waals surface area contributed by atoms with Gasteiger partial charge in [0.05, 0.1) is 11.8 Å². The zero-order chi connectivity index (χ0) is 14.0. The van der Waals surface area contributed by atoms with Gasteiger partial charge in [0.25, 0.3) is 0 Å². The largest absolute Gasteiger partial charge is 0.416 e. The van der Waals surface area contributed by atoms with E-state index in [4.69, 9.17) is 0 Å². The van der Waals surface area contributed by atoms with E-state index >= 15 is 0 Å². The third-order valence-electron chi connectivity index (χ3n) is 2.33. The molecule has 8 heteroatoms. The number of carbonyl (C=O) groups excluding carboxylic acids is 2. The maximum absolute atomic E-state index is 12.5. The average molecular weight is 271 g/mol. The topological polar surface area (TPSA) is 61.8 Å².